The van der Waals surface area contributed by atoms with Crippen molar-refractivity contribution >= 4 is 34.8 Å². The van der Waals surface area contributed by atoms with E-state index in [9.17, 15) is 4.79 Å². The van der Waals surface area contributed by atoms with Crippen LogP contribution in [0.3, 0.4) is 0 Å². The molecule has 0 aliphatic carbocycles. The maximum absolute atomic E-state index is 13.8. The Balaban J connectivity index is 2.19. The lowest BCUT2D eigenvalue weighted by Gasteiger charge is -2.31. The van der Waals surface area contributed by atoms with E-state index in [1.54, 1.807) is 5.01 Å². The summed E-state index contributed by atoms with van der Waals surface area (Å²) in [5.41, 5.74) is 2.05. The van der Waals surface area contributed by atoms with Crippen LogP contribution in [0.4, 0.5) is 5.69 Å². The third-order valence-corrected chi connectivity index (χ3v) is 5.59. The Hall–Kier alpha value is -1.59. The average molecular weight is 406 g/mol. The zero-order valence-corrected chi connectivity index (χ0v) is 17.7. The number of fused-ring (bicyclic) bond motifs is 1. The van der Waals surface area contributed by atoms with Crippen LogP contribution < -0.4 is 5.01 Å². The smallest absolute Gasteiger partial charge is 0.256 e. The van der Waals surface area contributed by atoms with Crippen molar-refractivity contribution in [3.05, 3.63) is 63.6 Å². The number of hydrogen-bond donors (Lipinski definition) is 0. The number of hydrogen-bond acceptors (Lipinski definition) is 3. The molecule has 1 aliphatic rings. The van der Waals surface area contributed by atoms with Crippen LogP contribution in [0.5, 0.6) is 0 Å². The fourth-order valence-corrected chi connectivity index (χ4v) is 4.20. The molecule has 144 valence electrons. The summed E-state index contributed by atoms with van der Waals surface area (Å²) in [6.07, 6.45) is 1.61. The van der Waals surface area contributed by atoms with Crippen molar-refractivity contribution in [3.63, 3.8) is 0 Å². The Bertz CT molecular complexity index is 836. The van der Waals surface area contributed by atoms with E-state index >= 15 is 0 Å². The summed E-state index contributed by atoms with van der Waals surface area (Å²) in [7, 11) is 7.84. The molecule has 4 nitrogen and oxygen atoms in total. The summed E-state index contributed by atoms with van der Waals surface area (Å²) in [4.78, 5) is 15.9. The lowest BCUT2D eigenvalue weighted by Crippen LogP contribution is -2.47. The van der Waals surface area contributed by atoms with E-state index in [2.05, 4.69) is 4.90 Å². The van der Waals surface area contributed by atoms with Gasteiger partial charge in [0.1, 0.15) is 5.41 Å². The molecule has 0 aromatic heterocycles. The van der Waals surface area contributed by atoms with Crippen molar-refractivity contribution < 1.29 is 4.79 Å². The number of anilines is 1. The van der Waals surface area contributed by atoms with Gasteiger partial charge in [-0.25, -0.2) is 10.0 Å². The Morgan fingerprint density at radius 1 is 0.963 bits per heavy atom. The van der Waals surface area contributed by atoms with Gasteiger partial charge in [0.05, 0.1) is 5.69 Å². The largest absolute Gasteiger partial charge is 0.309 e. The molecule has 0 unspecified atom stereocenters. The second-order valence-corrected chi connectivity index (χ2v) is 8.32. The predicted molar refractivity (Wildman–Crippen MR) is 113 cm³/mol. The van der Waals surface area contributed by atoms with E-state index < -0.39 is 5.41 Å². The minimum atomic E-state index is -0.745. The van der Waals surface area contributed by atoms with Crippen LogP contribution in [0, 0.1) is 0 Å². The molecule has 1 amide bonds. The Labute approximate surface area is 171 Å². The molecule has 1 heterocycles. The maximum atomic E-state index is 13.8. The molecule has 0 radical (unpaired) electrons. The molecule has 0 fully saturated rings. The number of nitrogens with zero attached hydrogens (tertiary/aromatic N) is 3. The Morgan fingerprint density at radius 3 is 2.19 bits per heavy atom. The molecular formula is C21H25Cl2N3O. The van der Waals surface area contributed by atoms with Crippen LogP contribution in [0.15, 0.2) is 42.5 Å². The average Bonchev–Trinajstić information content (AvgIpc) is 2.84. The molecular weight excluding hydrogens is 381 g/mol. The van der Waals surface area contributed by atoms with E-state index in [-0.39, 0.29) is 5.91 Å². The third kappa shape index (κ3) is 3.59. The van der Waals surface area contributed by atoms with Gasteiger partial charge < -0.3 is 4.90 Å². The molecule has 2 aromatic carbocycles. The summed E-state index contributed by atoms with van der Waals surface area (Å²) in [5, 5.41) is 4.83. The van der Waals surface area contributed by atoms with Gasteiger partial charge in [-0.1, -0.05) is 41.4 Å². The van der Waals surface area contributed by atoms with Gasteiger partial charge in [0.2, 0.25) is 0 Å². The first kappa shape index (κ1) is 20.2. The van der Waals surface area contributed by atoms with Crippen LogP contribution in [0.25, 0.3) is 0 Å². The number of rotatable bonds is 6. The fraction of sp³-hybridized carbons (Fsp3) is 0.381. The van der Waals surface area contributed by atoms with Gasteiger partial charge in [-0.3, -0.25) is 4.79 Å². The molecule has 2 aromatic rings. The molecule has 0 N–H and O–H groups in total. The first-order chi connectivity index (χ1) is 12.8. The zero-order chi connectivity index (χ0) is 19.8. The van der Waals surface area contributed by atoms with Crippen LogP contribution >= 0.6 is 23.2 Å². The zero-order valence-electron chi connectivity index (χ0n) is 16.2. The Morgan fingerprint density at radius 2 is 1.59 bits per heavy atom. The van der Waals surface area contributed by atoms with Gasteiger partial charge in [0, 0.05) is 24.1 Å². The highest BCUT2D eigenvalue weighted by Gasteiger charge is 2.52. The molecule has 27 heavy (non-hydrogen) atoms. The van der Waals surface area contributed by atoms with Crippen LogP contribution in [0.2, 0.25) is 10.0 Å². The van der Waals surface area contributed by atoms with Crippen molar-refractivity contribution in [2.75, 3.05) is 39.7 Å². The first-order valence-electron chi connectivity index (χ1n) is 9.00. The van der Waals surface area contributed by atoms with E-state index in [1.807, 2.05) is 75.7 Å². The lowest BCUT2D eigenvalue weighted by atomic mass is 9.72. The number of hydrazine groups is 1. The third-order valence-electron chi connectivity index (χ3n) is 5.10. The summed E-state index contributed by atoms with van der Waals surface area (Å²) in [6.45, 7) is 0.910. The number of benzene rings is 2. The highest BCUT2D eigenvalue weighted by Crippen LogP contribution is 2.50. The monoisotopic (exact) mass is 405 g/mol. The van der Waals surface area contributed by atoms with E-state index in [1.165, 1.54) is 0 Å². The van der Waals surface area contributed by atoms with Crippen molar-refractivity contribution in [3.8, 4) is 0 Å². The van der Waals surface area contributed by atoms with Gasteiger partial charge in [0.15, 0.2) is 0 Å². The predicted octanol–water partition coefficient (Wildman–Crippen LogP) is 4.44. The molecule has 0 saturated carbocycles. The van der Waals surface area contributed by atoms with E-state index in [4.69, 9.17) is 23.2 Å². The topological polar surface area (TPSA) is 26.8 Å². The van der Waals surface area contributed by atoms with Crippen LogP contribution in [0.1, 0.15) is 24.0 Å². The fourth-order valence-electron chi connectivity index (χ4n) is 3.90. The van der Waals surface area contributed by atoms with Gasteiger partial charge in [-0.2, -0.15) is 0 Å². The Kier molecular flexibility index (Phi) is 5.82. The SMILES string of the molecule is CN(C)CCC[C@]1(c2ccc(Cl)cc2)C(=O)N(N(C)C)c2cc(Cl)ccc21. The second-order valence-electron chi connectivity index (χ2n) is 7.44. The number of amides is 1. The maximum Gasteiger partial charge on any atom is 0.256 e. The quantitative estimate of drug-likeness (QED) is 0.710. The van der Waals surface area contributed by atoms with Crippen molar-refractivity contribution in [1.82, 2.24) is 9.91 Å². The first-order valence-corrected chi connectivity index (χ1v) is 9.75. The summed E-state index contributed by atoms with van der Waals surface area (Å²) in [6, 6.07) is 13.4. The van der Waals surface area contributed by atoms with Crippen molar-refractivity contribution in [2.24, 2.45) is 0 Å². The normalized spacial score (nSPS) is 19.3. The molecule has 0 saturated heterocycles. The minimum absolute atomic E-state index is 0.0471. The van der Waals surface area contributed by atoms with Crippen LogP contribution in [-0.4, -0.2) is 50.6 Å². The molecule has 0 spiro atoms. The van der Waals surface area contributed by atoms with Gasteiger partial charge >= 0.3 is 0 Å². The van der Waals surface area contributed by atoms with Gasteiger partial charge in [0.25, 0.3) is 5.91 Å². The second kappa shape index (κ2) is 7.80. The molecule has 1 atom stereocenters. The van der Waals surface area contributed by atoms with Crippen molar-refractivity contribution in [2.45, 2.75) is 18.3 Å². The highest BCUT2D eigenvalue weighted by molar-refractivity contribution is 6.31. The van der Waals surface area contributed by atoms with E-state index in [0.717, 1.165) is 29.8 Å². The van der Waals surface area contributed by atoms with Gasteiger partial charge in [-0.15, -0.1) is 0 Å². The lowest BCUT2D eigenvalue weighted by molar-refractivity contribution is -0.124. The molecule has 6 heteroatoms. The minimum Gasteiger partial charge on any atom is -0.309 e. The summed E-state index contributed by atoms with van der Waals surface area (Å²) >= 11 is 12.4. The summed E-state index contributed by atoms with van der Waals surface area (Å²) < 4.78 is 0. The molecule has 1 aliphatic heterocycles. The van der Waals surface area contributed by atoms with E-state index in [0.29, 0.717) is 16.5 Å². The van der Waals surface area contributed by atoms with Crippen molar-refractivity contribution in [1.29, 1.82) is 0 Å². The highest BCUT2D eigenvalue weighted by atomic mass is 35.5. The summed E-state index contributed by atoms with van der Waals surface area (Å²) in [5.74, 6) is 0.0471. The molecule has 0 bridgehead atoms. The molecule has 3 rings (SSSR count). The number of carbonyl (C=O) groups excluding carboxylic acids is 1. The standard InChI is InChI=1S/C21H25Cl2N3O/c1-24(2)13-5-12-21(15-6-8-16(22)9-7-15)18-11-10-17(23)14-19(18)26(20(21)27)25(3)4/h6-11,14H,5,12-13H2,1-4H3/t21-/m1/s1. The number of halogens is 2. The number of carbonyl (C=O) groups is 1. The van der Waals surface area contributed by atoms with Gasteiger partial charge in [-0.05, 0) is 68.9 Å². The van der Waals surface area contributed by atoms with Crippen LogP contribution in [-0.2, 0) is 10.2 Å².